The van der Waals surface area contributed by atoms with Gasteiger partial charge in [-0.25, -0.2) is 0 Å². The fourth-order valence-electron chi connectivity index (χ4n) is 2.40. The third-order valence-corrected chi connectivity index (χ3v) is 4.82. The van der Waals surface area contributed by atoms with E-state index < -0.39 is 7.12 Å². The second kappa shape index (κ2) is 4.49. The highest BCUT2D eigenvalue weighted by molar-refractivity contribution is 6.66. The fourth-order valence-corrected chi connectivity index (χ4v) is 2.73. The van der Waals surface area contributed by atoms with E-state index in [1.54, 1.807) is 0 Å². The molecule has 0 aromatic heterocycles. The summed E-state index contributed by atoms with van der Waals surface area (Å²) in [7, 11) is -0.419. The Morgan fingerprint density at radius 3 is 2.15 bits per heavy atom. The maximum Gasteiger partial charge on any atom is 0.496 e. The quantitative estimate of drug-likeness (QED) is 0.743. The minimum atomic E-state index is -0.419. The lowest BCUT2D eigenvalue weighted by atomic mass is 9.78. The van der Waals surface area contributed by atoms with Gasteiger partial charge in [0.15, 0.2) is 0 Å². The van der Waals surface area contributed by atoms with Crippen molar-refractivity contribution in [1.82, 2.24) is 0 Å². The van der Waals surface area contributed by atoms with Crippen molar-refractivity contribution in [2.24, 2.45) is 0 Å². The van der Waals surface area contributed by atoms with E-state index in [1.807, 2.05) is 52.0 Å². The Morgan fingerprint density at radius 2 is 1.50 bits per heavy atom. The molecule has 0 atom stereocenters. The van der Waals surface area contributed by atoms with Crippen LogP contribution in [0.3, 0.4) is 0 Å². The van der Waals surface area contributed by atoms with Gasteiger partial charge in [-0.05, 0) is 38.5 Å². The lowest BCUT2D eigenvalue weighted by Gasteiger charge is -2.32. The van der Waals surface area contributed by atoms with Crippen LogP contribution in [-0.4, -0.2) is 18.3 Å². The summed E-state index contributed by atoms with van der Waals surface area (Å²) >= 11 is 6.55. The molecule has 0 N–H and O–H groups in total. The minimum Gasteiger partial charge on any atom is -0.399 e. The van der Waals surface area contributed by atoms with Crippen molar-refractivity contribution in [1.29, 1.82) is 0 Å². The molecule has 0 radical (unpaired) electrons. The molecule has 20 heavy (non-hydrogen) atoms. The van der Waals surface area contributed by atoms with E-state index in [-0.39, 0.29) is 11.2 Å². The molecule has 1 fully saturated rings. The second-order valence-electron chi connectivity index (χ2n) is 6.28. The van der Waals surface area contributed by atoms with E-state index in [9.17, 15) is 0 Å². The van der Waals surface area contributed by atoms with Crippen LogP contribution < -0.4 is 5.46 Å². The first-order chi connectivity index (χ1) is 9.32. The fraction of sp³-hybridized carbons (Fsp3) is 0.375. The van der Waals surface area contributed by atoms with Crippen molar-refractivity contribution in [3.63, 3.8) is 0 Å². The van der Waals surface area contributed by atoms with Crippen LogP contribution in [-0.2, 0) is 9.31 Å². The topological polar surface area (TPSA) is 18.5 Å². The van der Waals surface area contributed by atoms with Crippen LogP contribution in [0.1, 0.15) is 27.7 Å². The molecule has 1 aliphatic rings. The predicted molar refractivity (Wildman–Crippen MR) is 84.7 cm³/mol. The van der Waals surface area contributed by atoms with Gasteiger partial charge in [0, 0.05) is 10.5 Å². The Bertz CT molecular complexity index is 651. The highest BCUT2D eigenvalue weighted by atomic mass is 35.5. The van der Waals surface area contributed by atoms with Gasteiger partial charge < -0.3 is 9.31 Å². The summed E-state index contributed by atoms with van der Waals surface area (Å²) < 4.78 is 12.1. The van der Waals surface area contributed by atoms with Gasteiger partial charge in [-0.1, -0.05) is 48.0 Å². The van der Waals surface area contributed by atoms with Crippen molar-refractivity contribution in [2.75, 3.05) is 0 Å². The maximum atomic E-state index is 6.55. The van der Waals surface area contributed by atoms with Crippen LogP contribution in [0, 0.1) is 0 Å². The standard InChI is InChI=1S/C16H18BClO2/c1-15(2)16(3,4)20-17(19-15)13-10-9-11-7-5-6-8-12(11)14(13)18/h5-10H,1-4H3. The Kier molecular flexibility index (Phi) is 3.13. The molecule has 2 aromatic rings. The van der Waals surface area contributed by atoms with Gasteiger partial charge in [-0.2, -0.15) is 0 Å². The number of hydrogen-bond acceptors (Lipinski definition) is 2. The molecule has 2 aromatic carbocycles. The summed E-state index contributed by atoms with van der Waals surface area (Å²) in [5.41, 5.74) is 0.184. The Labute approximate surface area is 125 Å². The lowest BCUT2D eigenvalue weighted by molar-refractivity contribution is 0.00578. The molecule has 2 nitrogen and oxygen atoms in total. The van der Waals surface area contributed by atoms with Gasteiger partial charge in [0.2, 0.25) is 0 Å². The summed E-state index contributed by atoms with van der Waals surface area (Å²) in [6, 6.07) is 12.1. The molecule has 0 bridgehead atoms. The van der Waals surface area contributed by atoms with Gasteiger partial charge >= 0.3 is 7.12 Å². The molecule has 4 heteroatoms. The van der Waals surface area contributed by atoms with Crippen molar-refractivity contribution >= 4 is 35.0 Å². The van der Waals surface area contributed by atoms with E-state index in [2.05, 4.69) is 12.1 Å². The molecule has 1 heterocycles. The van der Waals surface area contributed by atoms with Gasteiger partial charge in [0.05, 0.1) is 11.2 Å². The van der Waals surface area contributed by atoms with Crippen LogP contribution in [0.25, 0.3) is 10.8 Å². The molecular formula is C16H18BClO2. The van der Waals surface area contributed by atoms with Crippen molar-refractivity contribution in [3.8, 4) is 0 Å². The number of halogens is 1. The highest BCUT2D eigenvalue weighted by Gasteiger charge is 2.52. The Morgan fingerprint density at radius 1 is 0.900 bits per heavy atom. The van der Waals surface area contributed by atoms with Crippen LogP contribution in [0.2, 0.25) is 5.02 Å². The van der Waals surface area contributed by atoms with E-state index in [4.69, 9.17) is 20.9 Å². The first-order valence-electron chi connectivity index (χ1n) is 6.85. The normalized spacial score (nSPS) is 20.6. The molecule has 0 spiro atoms. The first-order valence-corrected chi connectivity index (χ1v) is 7.22. The monoisotopic (exact) mass is 288 g/mol. The molecular weight excluding hydrogens is 270 g/mol. The van der Waals surface area contributed by atoms with Gasteiger partial charge in [-0.3, -0.25) is 0 Å². The zero-order valence-electron chi connectivity index (χ0n) is 12.2. The average Bonchev–Trinajstić information content (AvgIpc) is 2.59. The van der Waals surface area contributed by atoms with Crippen molar-refractivity contribution < 1.29 is 9.31 Å². The summed E-state index contributed by atoms with van der Waals surface area (Å²) in [4.78, 5) is 0. The summed E-state index contributed by atoms with van der Waals surface area (Å²) in [5.74, 6) is 0. The average molecular weight is 289 g/mol. The number of fused-ring (bicyclic) bond motifs is 1. The molecule has 1 aliphatic heterocycles. The maximum absolute atomic E-state index is 6.55. The van der Waals surface area contributed by atoms with E-state index in [0.29, 0.717) is 5.02 Å². The smallest absolute Gasteiger partial charge is 0.399 e. The first kappa shape index (κ1) is 13.9. The molecule has 0 unspecified atom stereocenters. The van der Waals surface area contributed by atoms with Crippen molar-refractivity contribution in [2.45, 2.75) is 38.9 Å². The van der Waals surface area contributed by atoms with E-state index in [0.717, 1.165) is 16.2 Å². The third-order valence-electron chi connectivity index (χ3n) is 4.40. The van der Waals surface area contributed by atoms with Gasteiger partial charge in [-0.15, -0.1) is 0 Å². The number of benzene rings is 2. The zero-order valence-corrected chi connectivity index (χ0v) is 13.0. The lowest BCUT2D eigenvalue weighted by Crippen LogP contribution is -2.41. The third kappa shape index (κ3) is 2.05. The zero-order chi connectivity index (χ0) is 14.5. The number of rotatable bonds is 1. The largest absolute Gasteiger partial charge is 0.496 e. The summed E-state index contributed by atoms with van der Waals surface area (Å²) in [5, 5.41) is 2.86. The van der Waals surface area contributed by atoms with Gasteiger partial charge in [0.1, 0.15) is 0 Å². The van der Waals surface area contributed by atoms with Crippen LogP contribution >= 0.6 is 11.6 Å². The van der Waals surface area contributed by atoms with E-state index >= 15 is 0 Å². The Hall–Kier alpha value is -1.03. The molecule has 0 saturated carbocycles. The van der Waals surface area contributed by atoms with Crippen LogP contribution in [0.4, 0.5) is 0 Å². The molecule has 104 valence electrons. The molecule has 0 aliphatic carbocycles. The summed E-state index contributed by atoms with van der Waals surface area (Å²) in [6.45, 7) is 8.17. The second-order valence-corrected chi connectivity index (χ2v) is 6.66. The van der Waals surface area contributed by atoms with Crippen molar-refractivity contribution in [3.05, 3.63) is 41.4 Å². The Balaban J connectivity index is 2.06. The van der Waals surface area contributed by atoms with Crippen LogP contribution in [0.15, 0.2) is 36.4 Å². The highest BCUT2D eigenvalue weighted by Crippen LogP contribution is 2.37. The van der Waals surface area contributed by atoms with Gasteiger partial charge in [0.25, 0.3) is 0 Å². The van der Waals surface area contributed by atoms with E-state index in [1.165, 1.54) is 0 Å². The molecule has 1 saturated heterocycles. The SMILES string of the molecule is CC1(C)OB(c2ccc3ccccc3c2Cl)OC1(C)C. The molecule has 0 amide bonds. The minimum absolute atomic E-state index is 0.355. The van der Waals surface area contributed by atoms with Crippen LogP contribution in [0.5, 0.6) is 0 Å². The summed E-state index contributed by atoms with van der Waals surface area (Å²) in [6.07, 6.45) is 0. The number of hydrogen-bond donors (Lipinski definition) is 0. The molecule has 3 rings (SSSR count). The predicted octanol–water partition coefficient (Wildman–Crippen LogP) is 3.79.